The first-order valence-corrected chi connectivity index (χ1v) is 2.78. The average Bonchev–Trinajstić information content (AvgIpc) is 1.27. The Morgan fingerprint density at radius 2 is 1.00 bits per heavy atom. The summed E-state index contributed by atoms with van der Waals surface area (Å²) in [6.07, 6.45) is 0.750. The van der Waals surface area contributed by atoms with Gasteiger partial charge in [0.2, 0.25) is 0 Å². The van der Waals surface area contributed by atoms with E-state index in [1.165, 1.54) is 0 Å². The molecule has 0 aliphatic rings. The van der Waals surface area contributed by atoms with Gasteiger partial charge in [0.15, 0.2) is 0 Å². The van der Waals surface area contributed by atoms with Gasteiger partial charge < -0.3 is 4.74 Å². The summed E-state index contributed by atoms with van der Waals surface area (Å²) in [6, 6.07) is 0. The Morgan fingerprint density at radius 1 is 0.800 bits per heavy atom. The molecular weight excluding hydrogens is 171 g/mol. The van der Waals surface area contributed by atoms with Gasteiger partial charge in [-0.2, -0.15) is 0 Å². The SMILES string of the molecule is C.CC(C)OC(C)C.Cl.Cl. The van der Waals surface area contributed by atoms with Crippen molar-refractivity contribution in [3.05, 3.63) is 0 Å². The molecule has 0 aliphatic heterocycles. The zero-order chi connectivity index (χ0) is 5.86. The summed E-state index contributed by atoms with van der Waals surface area (Å²) in [5, 5.41) is 0. The fourth-order valence-electron chi connectivity index (χ4n) is 0.544. The minimum atomic E-state index is 0. The lowest BCUT2D eigenvalue weighted by Gasteiger charge is -2.09. The van der Waals surface area contributed by atoms with Gasteiger partial charge in [-0.1, -0.05) is 7.43 Å². The van der Waals surface area contributed by atoms with Crippen LogP contribution in [0.1, 0.15) is 35.1 Å². The van der Waals surface area contributed by atoms with E-state index in [1.54, 1.807) is 0 Å². The van der Waals surface area contributed by atoms with Crippen molar-refractivity contribution in [3.63, 3.8) is 0 Å². The fraction of sp³-hybridized carbons (Fsp3) is 1.00. The Bertz CT molecular complexity index is 40.9. The summed E-state index contributed by atoms with van der Waals surface area (Å²) in [4.78, 5) is 0. The van der Waals surface area contributed by atoms with Crippen LogP contribution >= 0.6 is 24.8 Å². The van der Waals surface area contributed by atoms with Crippen LogP contribution in [-0.2, 0) is 4.74 Å². The maximum absolute atomic E-state index is 5.25. The third-order valence-electron chi connectivity index (χ3n) is 0.544. The molecule has 0 radical (unpaired) electrons. The molecule has 0 fully saturated rings. The topological polar surface area (TPSA) is 9.23 Å². The highest BCUT2D eigenvalue weighted by Gasteiger charge is 1.94. The molecule has 0 saturated carbocycles. The number of ether oxygens (including phenoxy) is 1. The van der Waals surface area contributed by atoms with E-state index in [1.807, 2.05) is 27.7 Å². The van der Waals surface area contributed by atoms with Crippen LogP contribution in [0.4, 0.5) is 0 Å². The maximum atomic E-state index is 5.25. The summed E-state index contributed by atoms with van der Waals surface area (Å²) >= 11 is 0. The lowest BCUT2D eigenvalue weighted by Crippen LogP contribution is -2.09. The largest absolute Gasteiger partial charge is 0.376 e. The summed E-state index contributed by atoms with van der Waals surface area (Å²) in [6.45, 7) is 8.17. The van der Waals surface area contributed by atoms with Gasteiger partial charge in [0, 0.05) is 0 Å². The molecule has 0 amide bonds. The number of rotatable bonds is 2. The number of hydrogen-bond donors (Lipinski definition) is 0. The minimum Gasteiger partial charge on any atom is -0.376 e. The first-order valence-electron chi connectivity index (χ1n) is 2.78. The van der Waals surface area contributed by atoms with Gasteiger partial charge in [0.05, 0.1) is 12.2 Å². The molecule has 0 aliphatic carbocycles. The summed E-state index contributed by atoms with van der Waals surface area (Å²) in [5.74, 6) is 0. The Kier molecular flexibility index (Phi) is 27.4. The Hall–Kier alpha value is 0.540. The second-order valence-electron chi connectivity index (χ2n) is 2.23. The molecule has 0 aromatic heterocycles. The molecule has 0 saturated heterocycles. The van der Waals surface area contributed by atoms with Gasteiger partial charge in [-0.15, -0.1) is 24.8 Å². The number of halogens is 2. The van der Waals surface area contributed by atoms with E-state index in [0.29, 0.717) is 12.2 Å². The van der Waals surface area contributed by atoms with Crippen LogP contribution < -0.4 is 0 Å². The lowest BCUT2D eigenvalue weighted by molar-refractivity contribution is 0.0300. The molecule has 68 valence electrons. The molecule has 0 aromatic rings. The van der Waals surface area contributed by atoms with Crippen molar-refractivity contribution in [1.82, 2.24) is 0 Å². The van der Waals surface area contributed by atoms with Crippen LogP contribution in [0.2, 0.25) is 0 Å². The van der Waals surface area contributed by atoms with Crippen LogP contribution in [0.25, 0.3) is 0 Å². The van der Waals surface area contributed by atoms with E-state index in [-0.39, 0.29) is 32.2 Å². The second kappa shape index (κ2) is 12.2. The van der Waals surface area contributed by atoms with Gasteiger partial charge in [-0.05, 0) is 27.7 Å². The molecule has 0 aromatic carbocycles. The smallest absolute Gasteiger partial charge is 0.0522 e. The van der Waals surface area contributed by atoms with Crippen LogP contribution in [-0.4, -0.2) is 12.2 Å². The molecule has 0 bridgehead atoms. The molecule has 3 heteroatoms. The quantitative estimate of drug-likeness (QED) is 0.650. The maximum Gasteiger partial charge on any atom is 0.0522 e. The van der Waals surface area contributed by atoms with Crippen LogP contribution in [0, 0.1) is 0 Å². The predicted octanol–water partition coefficient (Wildman–Crippen LogP) is 3.30. The van der Waals surface area contributed by atoms with Crippen molar-refractivity contribution < 1.29 is 4.74 Å². The summed E-state index contributed by atoms with van der Waals surface area (Å²) in [5.41, 5.74) is 0. The highest BCUT2D eigenvalue weighted by Crippen LogP contribution is 1.93. The number of hydrogen-bond acceptors (Lipinski definition) is 1. The van der Waals surface area contributed by atoms with Gasteiger partial charge in [0.1, 0.15) is 0 Å². The van der Waals surface area contributed by atoms with Crippen LogP contribution in [0.3, 0.4) is 0 Å². The molecule has 0 N–H and O–H groups in total. The van der Waals surface area contributed by atoms with E-state index >= 15 is 0 Å². The second-order valence-corrected chi connectivity index (χ2v) is 2.23. The third kappa shape index (κ3) is 23.6. The fourth-order valence-corrected chi connectivity index (χ4v) is 0.544. The van der Waals surface area contributed by atoms with Gasteiger partial charge >= 0.3 is 0 Å². The zero-order valence-corrected chi connectivity index (χ0v) is 8.01. The first kappa shape index (κ1) is 22.4. The van der Waals surface area contributed by atoms with Gasteiger partial charge in [-0.25, -0.2) is 0 Å². The Balaban J connectivity index is -0.0000000600. The first-order chi connectivity index (χ1) is 3.13. The molecule has 0 spiro atoms. The molecule has 0 atom stereocenters. The zero-order valence-electron chi connectivity index (χ0n) is 6.38. The van der Waals surface area contributed by atoms with Crippen LogP contribution in [0.5, 0.6) is 0 Å². The molecule has 0 heterocycles. The van der Waals surface area contributed by atoms with E-state index < -0.39 is 0 Å². The van der Waals surface area contributed by atoms with Gasteiger partial charge in [-0.3, -0.25) is 0 Å². The van der Waals surface area contributed by atoms with Crippen molar-refractivity contribution >= 4 is 24.8 Å². The van der Waals surface area contributed by atoms with E-state index in [9.17, 15) is 0 Å². The summed E-state index contributed by atoms with van der Waals surface area (Å²) < 4.78 is 5.25. The van der Waals surface area contributed by atoms with Crippen molar-refractivity contribution in [3.8, 4) is 0 Å². The Morgan fingerprint density at radius 3 is 1.00 bits per heavy atom. The molecule has 10 heavy (non-hydrogen) atoms. The van der Waals surface area contributed by atoms with E-state index in [2.05, 4.69) is 0 Å². The molecule has 1 nitrogen and oxygen atoms in total. The standard InChI is InChI=1S/C6H14O.CH4.2ClH/c1-5(2)7-6(3)4;;;/h5-6H,1-4H3;1H4;2*1H. The monoisotopic (exact) mass is 190 g/mol. The van der Waals surface area contributed by atoms with Crippen LogP contribution in [0.15, 0.2) is 0 Å². The third-order valence-corrected chi connectivity index (χ3v) is 0.544. The van der Waals surface area contributed by atoms with Crippen molar-refractivity contribution in [2.45, 2.75) is 47.3 Å². The highest BCUT2D eigenvalue weighted by molar-refractivity contribution is 5.85. The molecule has 0 unspecified atom stereocenters. The Labute approximate surface area is 77.4 Å². The van der Waals surface area contributed by atoms with E-state index in [0.717, 1.165) is 0 Å². The van der Waals surface area contributed by atoms with E-state index in [4.69, 9.17) is 4.74 Å². The molecular formula is C7H20Cl2O. The van der Waals surface area contributed by atoms with Gasteiger partial charge in [0.25, 0.3) is 0 Å². The normalized spacial score (nSPS) is 7.80. The highest BCUT2D eigenvalue weighted by atomic mass is 35.5. The summed E-state index contributed by atoms with van der Waals surface area (Å²) in [7, 11) is 0. The van der Waals surface area contributed by atoms with Crippen molar-refractivity contribution in [2.75, 3.05) is 0 Å². The van der Waals surface area contributed by atoms with Crippen molar-refractivity contribution in [1.29, 1.82) is 0 Å². The van der Waals surface area contributed by atoms with Crippen molar-refractivity contribution in [2.24, 2.45) is 0 Å². The molecule has 0 rings (SSSR count). The predicted molar refractivity (Wildman–Crippen MR) is 52.6 cm³/mol. The average molecular weight is 191 g/mol. The minimum absolute atomic E-state index is 0. The lowest BCUT2D eigenvalue weighted by atomic mass is 10.4.